The molecule has 4 aromatic rings. The summed E-state index contributed by atoms with van der Waals surface area (Å²) < 4.78 is 0. The van der Waals surface area contributed by atoms with Crippen molar-refractivity contribution in [1.82, 2.24) is 4.98 Å². The van der Waals surface area contributed by atoms with Gasteiger partial charge in [-0.3, -0.25) is 19.9 Å². The van der Waals surface area contributed by atoms with E-state index in [0.29, 0.717) is 11.4 Å². The third-order valence-corrected chi connectivity index (χ3v) is 6.98. The Balaban J connectivity index is 1.51. The van der Waals surface area contributed by atoms with Crippen LogP contribution in [0.1, 0.15) is 30.0 Å². The second-order valence-electron chi connectivity index (χ2n) is 8.74. The Morgan fingerprint density at radius 2 is 1.68 bits per heavy atom. The number of hydrazone groups is 1. The highest BCUT2D eigenvalue weighted by Gasteiger charge is 2.76. The van der Waals surface area contributed by atoms with Crippen molar-refractivity contribution >= 4 is 33.9 Å². The van der Waals surface area contributed by atoms with Gasteiger partial charge in [-0.25, -0.2) is 0 Å². The van der Waals surface area contributed by atoms with Crippen molar-refractivity contribution in [2.24, 2.45) is 10.5 Å². The van der Waals surface area contributed by atoms with Gasteiger partial charge in [0, 0.05) is 35.0 Å². The third kappa shape index (κ3) is 2.80. The van der Waals surface area contributed by atoms with Crippen LogP contribution in [-0.4, -0.2) is 21.5 Å². The monoisotopic (exact) mass is 448 g/mol. The summed E-state index contributed by atoms with van der Waals surface area (Å²) in [5.41, 5.74) is 2.83. The average molecular weight is 448 g/mol. The Morgan fingerprint density at radius 1 is 0.912 bits per heavy atom. The molecule has 166 valence electrons. The SMILES string of the molecule is CC1=NN(c2ccccc2)C(=O)[C@@]12[C@H](c1cccc([N+](=O)[O-])c1)[C@H]2c1ccc2ccccc2n1. The molecule has 1 amide bonds. The van der Waals surface area contributed by atoms with Gasteiger partial charge in [-0.2, -0.15) is 10.1 Å². The molecule has 1 aromatic heterocycles. The fourth-order valence-corrected chi connectivity index (χ4v) is 5.40. The van der Waals surface area contributed by atoms with Crippen molar-refractivity contribution in [1.29, 1.82) is 0 Å². The molecule has 6 rings (SSSR count). The van der Waals surface area contributed by atoms with Crippen molar-refractivity contribution in [3.8, 4) is 0 Å². The molecule has 0 N–H and O–H groups in total. The maximum absolute atomic E-state index is 14.0. The lowest BCUT2D eigenvalue weighted by atomic mass is 9.92. The summed E-state index contributed by atoms with van der Waals surface area (Å²) in [4.78, 5) is 30.0. The number of hydrogen-bond acceptors (Lipinski definition) is 5. The first-order valence-corrected chi connectivity index (χ1v) is 11.1. The van der Waals surface area contributed by atoms with Gasteiger partial charge in [0.15, 0.2) is 0 Å². The number of nitro benzene ring substituents is 1. The topological polar surface area (TPSA) is 88.7 Å². The Morgan fingerprint density at radius 3 is 2.47 bits per heavy atom. The lowest BCUT2D eigenvalue weighted by Gasteiger charge is -2.15. The average Bonchev–Trinajstić information content (AvgIpc) is 3.51. The van der Waals surface area contributed by atoms with E-state index >= 15 is 0 Å². The Hall–Kier alpha value is -4.39. The summed E-state index contributed by atoms with van der Waals surface area (Å²) in [5, 5.41) is 18.6. The Bertz CT molecular complexity index is 1500. The van der Waals surface area contributed by atoms with Crippen molar-refractivity contribution in [2.45, 2.75) is 18.8 Å². The zero-order valence-electron chi connectivity index (χ0n) is 18.3. The van der Waals surface area contributed by atoms with Gasteiger partial charge < -0.3 is 0 Å². The van der Waals surface area contributed by atoms with Crippen LogP contribution in [0.2, 0.25) is 0 Å². The number of carbonyl (C=O) groups excluding carboxylic acids is 1. The van der Waals surface area contributed by atoms with Crippen LogP contribution in [0.25, 0.3) is 10.9 Å². The Labute approximate surface area is 195 Å². The van der Waals surface area contributed by atoms with Gasteiger partial charge >= 0.3 is 0 Å². The van der Waals surface area contributed by atoms with Crippen LogP contribution in [0.15, 0.2) is 96.1 Å². The summed E-state index contributed by atoms with van der Waals surface area (Å²) in [6, 6.07) is 27.7. The van der Waals surface area contributed by atoms with Crippen LogP contribution in [-0.2, 0) is 4.79 Å². The molecule has 1 spiro atoms. The summed E-state index contributed by atoms with van der Waals surface area (Å²) in [6.45, 7) is 1.87. The molecule has 0 bridgehead atoms. The number of rotatable bonds is 4. The predicted octanol–water partition coefficient (Wildman–Crippen LogP) is 5.43. The normalized spacial score (nSPS) is 23.4. The van der Waals surface area contributed by atoms with Crippen molar-refractivity contribution < 1.29 is 9.72 Å². The maximum atomic E-state index is 14.0. The molecule has 34 heavy (non-hydrogen) atoms. The van der Waals surface area contributed by atoms with E-state index in [1.54, 1.807) is 12.1 Å². The molecule has 3 atom stereocenters. The lowest BCUT2D eigenvalue weighted by Crippen LogP contribution is -2.30. The number of nitrogens with zero attached hydrogens (tertiary/aromatic N) is 4. The number of non-ortho nitro benzene ring substituents is 1. The Kier molecular flexibility index (Phi) is 4.35. The minimum Gasteiger partial charge on any atom is -0.271 e. The number of para-hydroxylation sites is 2. The number of nitro groups is 1. The summed E-state index contributed by atoms with van der Waals surface area (Å²) >= 11 is 0. The summed E-state index contributed by atoms with van der Waals surface area (Å²) in [7, 11) is 0. The predicted molar refractivity (Wildman–Crippen MR) is 130 cm³/mol. The standard InChI is InChI=1S/C27H20N4O3/c1-17-27(26(32)30(29-17)20-10-3-2-4-11-20)24(19-9-7-12-21(16-19)31(33)34)25(27)23-15-14-18-8-5-6-13-22(18)28-23/h2-16,24-25H,1H3/t24-,25-,27-/m1/s1. The highest BCUT2D eigenvalue weighted by Crippen LogP contribution is 2.73. The van der Waals surface area contributed by atoms with Gasteiger partial charge in [0.05, 0.1) is 21.8 Å². The molecule has 1 saturated carbocycles. The molecule has 7 nitrogen and oxygen atoms in total. The van der Waals surface area contributed by atoms with E-state index in [4.69, 9.17) is 4.98 Å². The molecule has 0 saturated heterocycles. The summed E-state index contributed by atoms with van der Waals surface area (Å²) in [6.07, 6.45) is 0. The van der Waals surface area contributed by atoms with Gasteiger partial charge in [0.1, 0.15) is 5.41 Å². The van der Waals surface area contributed by atoms with Crippen LogP contribution < -0.4 is 5.01 Å². The first kappa shape index (κ1) is 20.2. The molecule has 7 heteroatoms. The second kappa shape index (κ2) is 7.31. The van der Waals surface area contributed by atoms with Crippen LogP contribution in [0, 0.1) is 15.5 Å². The van der Waals surface area contributed by atoms with Gasteiger partial charge in [0.2, 0.25) is 0 Å². The third-order valence-electron chi connectivity index (χ3n) is 6.98. The zero-order chi connectivity index (χ0) is 23.4. The van der Waals surface area contributed by atoms with E-state index in [2.05, 4.69) is 5.10 Å². The molecular weight excluding hydrogens is 428 g/mol. The highest BCUT2D eigenvalue weighted by atomic mass is 16.6. The fraction of sp³-hybridized carbons (Fsp3) is 0.148. The first-order valence-electron chi connectivity index (χ1n) is 11.1. The van der Waals surface area contributed by atoms with Gasteiger partial charge in [-0.1, -0.05) is 54.6 Å². The highest BCUT2D eigenvalue weighted by molar-refractivity contribution is 6.23. The van der Waals surface area contributed by atoms with E-state index < -0.39 is 10.3 Å². The molecule has 2 heterocycles. The molecule has 1 aliphatic heterocycles. The van der Waals surface area contributed by atoms with Crippen molar-refractivity contribution in [3.05, 3.63) is 112 Å². The fourth-order valence-electron chi connectivity index (χ4n) is 5.40. The van der Waals surface area contributed by atoms with Crippen molar-refractivity contribution in [3.63, 3.8) is 0 Å². The number of fused-ring (bicyclic) bond motifs is 1. The van der Waals surface area contributed by atoms with Crippen LogP contribution in [0.3, 0.4) is 0 Å². The van der Waals surface area contributed by atoms with Gasteiger partial charge in [0.25, 0.3) is 11.6 Å². The number of pyridine rings is 1. The van der Waals surface area contributed by atoms with Crippen LogP contribution >= 0.6 is 0 Å². The minimum atomic E-state index is -0.930. The van der Waals surface area contributed by atoms with Crippen molar-refractivity contribution in [2.75, 3.05) is 5.01 Å². The molecule has 1 aliphatic carbocycles. The first-order chi connectivity index (χ1) is 16.5. The number of amides is 1. The zero-order valence-corrected chi connectivity index (χ0v) is 18.3. The molecule has 2 aliphatic rings. The van der Waals surface area contributed by atoms with E-state index in [1.165, 1.54) is 11.1 Å². The molecule has 0 radical (unpaired) electrons. The smallest absolute Gasteiger partial charge is 0.269 e. The van der Waals surface area contributed by atoms with Crippen LogP contribution in [0.4, 0.5) is 11.4 Å². The lowest BCUT2D eigenvalue weighted by molar-refractivity contribution is -0.384. The number of aromatic nitrogens is 1. The maximum Gasteiger partial charge on any atom is 0.269 e. The van der Waals surface area contributed by atoms with Gasteiger partial charge in [-0.05, 0) is 36.8 Å². The molecular formula is C27H20N4O3. The largest absolute Gasteiger partial charge is 0.271 e. The quantitative estimate of drug-likeness (QED) is 0.307. The van der Waals surface area contributed by atoms with Gasteiger partial charge in [-0.15, -0.1) is 0 Å². The van der Waals surface area contributed by atoms with Crippen LogP contribution in [0.5, 0.6) is 0 Å². The number of anilines is 1. The minimum absolute atomic E-state index is 0.00437. The summed E-state index contributed by atoms with van der Waals surface area (Å²) in [5.74, 6) is -0.706. The molecule has 1 fully saturated rings. The second-order valence-corrected chi connectivity index (χ2v) is 8.74. The number of carbonyl (C=O) groups is 1. The number of benzene rings is 3. The molecule has 3 aromatic carbocycles. The van der Waals surface area contributed by atoms with E-state index in [1.807, 2.05) is 79.7 Å². The van der Waals surface area contributed by atoms with E-state index in [9.17, 15) is 14.9 Å². The number of hydrogen-bond donors (Lipinski definition) is 0. The molecule has 0 unspecified atom stereocenters. The van der Waals surface area contributed by atoms with E-state index in [0.717, 1.165) is 22.2 Å². The van der Waals surface area contributed by atoms with E-state index in [-0.39, 0.29) is 23.4 Å².